The third-order valence-corrected chi connectivity index (χ3v) is 6.44. The van der Waals surface area contributed by atoms with Gasteiger partial charge in [-0.1, -0.05) is 71.9 Å². The lowest BCUT2D eigenvalue weighted by atomic mass is 9.95. The van der Waals surface area contributed by atoms with E-state index in [2.05, 4.69) is 71.9 Å². The fourth-order valence-corrected chi connectivity index (χ4v) is 5.75. The lowest BCUT2D eigenvalue weighted by Gasteiger charge is -2.24. The highest BCUT2D eigenvalue weighted by molar-refractivity contribution is 7.82. The van der Waals surface area contributed by atoms with Crippen molar-refractivity contribution in [2.24, 2.45) is 5.41 Å². The van der Waals surface area contributed by atoms with E-state index in [1.54, 1.807) is 10.6 Å². The van der Waals surface area contributed by atoms with Crippen LogP contribution in [0.25, 0.3) is 5.31 Å². The third kappa shape index (κ3) is 2.47. The fraction of sp³-hybridized carbons (Fsp3) is 0.500. The predicted octanol–water partition coefficient (Wildman–Crippen LogP) is 5.70. The molecule has 1 aliphatic heterocycles. The summed E-state index contributed by atoms with van der Waals surface area (Å²) in [6, 6.07) is 10.9. The maximum atomic E-state index is 2.38. The van der Waals surface area contributed by atoms with E-state index in [9.17, 15) is 0 Å². The highest BCUT2D eigenvalue weighted by Crippen LogP contribution is 2.83. The molecule has 0 aromatic heterocycles. The van der Waals surface area contributed by atoms with Crippen molar-refractivity contribution in [3.8, 4) is 0 Å². The van der Waals surface area contributed by atoms with E-state index in [0.717, 1.165) is 0 Å². The minimum Gasteiger partial charge on any atom is -0.0622 e. The SMILES string of the molecule is CC(C)(C)C1=C(c2ccccc2)[P@]1C(C)(C)C. The van der Waals surface area contributed by atoms with Gasteiger partial charge in [0.2, 0.25) is 0 Å². The second-order valence-electron chi connectivity index (χ2n) is 6.82. The molecule has 0 unspecified atom stereocenters. The van der Waals surface area contributed by atoms with Crippen molar-refractivity contribution in [3.63, 3.8) is 0 Å². The molecule has 0 spiro atoms. The molecule has 2 rings (SSSR count). The first-order valence-corrected chi connectivity index (χ1v) is 7.67. The molecule has 0 saturated heterocycles. The quantitative estimate of drug-likeness (QED) is 0.558. The number of hydrogen-bond acceptors (Lipinski definition) is 0. The van der Waals surface area contributed by atoms with Crippen LogP contribution in [-0.4, -0.2) is 5.16 Å². The molecule has 0 fully saturated rings. The average Bonchev–Trinajstić information content (AvgIpc) is 2.92. The summed E-state index contributed by atoms with van der Waals surface area (Å²) in [6.45, 7) is 14.2. The van der Waals surface area contributed by atoms with Crippen LogP contribution in [0.15, 0.2) is 35.6 Å². The number of allylic oxidation sites excluding steroid dienone is 1. The van der Waals surface area contributed by atoms with E-state index in [1.807, 2.05) is 0 Å². The van der Waals surface area contributed by atoms with Crippen molar-refractivity contribution in [2.75, 3.05) is 0 Å². The standard InChI is InChI=1S/C16H23P/c1-15(2,3)14-13(17(14)16(4,5)6)12-10-8-7-9-11-12/h7-11H,1-6H3/t17-/m0/s1. The molecule has 0 bridgehead atoms. The van der Waals surface area contributed by atoms with Gasteiger partial charge in [-0.2, -0.15) is 0 Å². The van der Waals surface area contributed by atoms with E-state index in [-0.39, 0.29) is 7.92 Å². The van der Waals surface area contributed by atoms with Crippen molar-refractivity contribution in [3.05, 3.63) is 41.2 Å². The molecule has 0 nitrogen and oxygen atoms in total. The molecule has 17 heavy (non-hydrogen) atoms. The van der Waals surface area contributed by atoms with Gasteiger partial charge in [0.05, 0.1) is 0 Å². The van der Waals surface area contributed by atoms with Gasteiger partial charge in [-0.15, -0.1) is 0 Å². The molecule has 0 aliphatic carbocycles. The zero-order valence-electron chi connectivity index (χ0n) is 11.8. The van der Waals surface area contributed by atoms with Gasteiger partial charge in [0.15, 0.2) is 0 Å². The van der Waals surface area contributed by atoms with Crippen LogP contribution in [-0.2, 0) is 0 Å². The lowest BCUT2D eigenvalue weighted by Crippen LogP contribution is -2.09. The van der Waals surface area contributed by atoms with Crippen molar-refractivity contribution in [1.82, 2.24) is 0 Å². The first kappa shape index (κ1) is 12.8. The van der Waals surface area contributed by atoms with E-state index < -0.39 is 0 Å². The van der Waals surface area contributed by atoms with E-state index in [1.165, 1.54) is 5.56 Å². The largest absolute Gasteiger partial charge is 0.0622 e. The minimum absolute atomic E-state index is 0.0494. The molecule has 0 N–H and O–H groups in total. The van der Waals surface area contributed by atoms with Gasteiger partial charge in [0.25, 0.3) is 0 Å². The molecule has 0 radical (unpaired) electrons. The maximum Gasteiger partial charge on any atom is -0.00755 e. The Hall–Kier alpha value is -0.610. The zero-order valence-corrected chi connectivity index (χ0v) is 12.7. The predicted molar refractivity (Wildman–Crippen MR) is 79.5 cm³/mol. The van der Waals surface area contributed by atoms with Crippen molar-refractivity contribution in [1.29, 1.82) is 0 Å². The molecular formula is C16H23P. The van der Waals surface area contributed by atoms with Gasteiger partial charge in [0, 0.05) is 0 Å². The first-order chi connectivity index (χ1) is 7.73. The summed E-state index contributed by atoms with van der Waals surface area (Å²) in [5.74, 6) is 0. The average molecular weight is 246 g/mol. The Balaban J connectivity index is 2.40. The highest BCUT2D eigenvalue weighted by Gasteiger charge is 2.49. The van der Waals surface area contributed by atoms with Crippen molar-refractivity contribution in [2.45, 2.75) is 46.7 Å². The summed E-state index contributed by atoms with van der Waals surface area (Å²) < 4.78 is 0. The van der Waals surface area contributed by atoms with Gasteiger partial charge in [-0.05, 0) is 34.7 Å². The van der Waals surface area contributed by atoms with E-state index in [0.29, 0.717) is 10.6 Å². The molecule has 0 amide bonds. The number of benzene rings is 1. The van der Waals surface area contributed by atoms with Gasteiger partial charge in [0.1, 0.15) is 0 Å². The molecule has 0 saturated carbocycles. The second-order valence-corrected chi connectivity index (χ2v) is 9.73. The van der Waals surface area contributed by atoms with E-state index >= 15 is 0 Å². The molecule has 92 valence electrons. The number of hydrogen-bond donors (Lipinski definition) is 0. The summed E-state index contributed by atoms with van der Waals surface area (Å²) in [4.78, 5) is 0. The Labute approximate surface area is 107 Å². The van der Waals surface area contributed by atoms with Crippen LogP contribution >= 0.6 is 7.92 Å². The zero-order chi connectivity index (χ0) is 12.8. The summed E-state index contributed by atoms with van der Waals surface area (Å²) in [5, 5.41) is 3.77. The van der Waals surface area contributed by atoms with Crippen LogP contribution in [0.1, 0.15) is 47.1 Å². The van der Waals surface area contributed by atoms with Crippen LogP contribution in [0.4, 0.5) is 0 Å². The Morgan fingerprint density at radius 1 is 0.824 bits per heavy atom. The van der Waals surface area contributed by atoms with Crippen molar-refractivity contribution >= 4 is 13.2 Å². The Kier molecular flexibility index (Phi) is 2.99. The second kappa shape index (κ2) is 3.95. The number of rotatable bonds is 1. The monoisotopic (exact) mass is 246 g/mol. The third-order valence-electron chi connectivity index (χ3n) is 3.05. The fourth-order valence-electron chi connectivity index (χ4n) is 2.39. The van der Waals surface area contributed by atoms with Gasteiger partial charge >= 0.3 is 0 Å². The Morgan fingerprint density at radius 3 is 1.71 bits per heavy atom. The molecule has 1 heteroatoms. The normalized spacial score (nSPS) is 20.7. The molecular weight excluding hydrogens is 223 g/mol. The van der Waals surface area contributed by atoms with Crippen LogP contribution < -0.4 is 0 Å². The van der Waals surface area contributed by atoms with Crippen LogP contribution in [0.5, 0.6) is 0 Å². The van der Waals surface area contributed by atoms with Gasteiger partial charge < -0.3 is 0 Å². The Morgan fingerprint density at radius 2 is 1.35 bits per heavy atom. The van der Waals surface area contributed by atoms with Gasteiger partial charge in [-0.25, -0.2) is 0 Å². The molecule has 1 atom stereocenters. The van der Waals surface area contributed by atoms with Crippen molar-refractivity contribution < 1.29 is 0 Å². The molecule has 1 aromatic rings. The van der Waals surface area contributed by atoms with Crippen LogP contribution in [0, 0.1) is 5.41 Å². The Bertz CT molecular complexity index is 441. The smallest absolute Gasteiger partial charge is 0.00755 e. The molecule has 1 aromatic carbocycles. The highest BCUT2D eigenvalue weighted by atomic mass is 31.1. The van der Waals surface area contributed by atoms with Crippen LogP contribution in [0.3, 0.4) is 0 Å². The summed E-state index contributed by atoms with van der Waals surface area (Å²) in [7, 11) is -0.0494. The van der Waals surface area contributed by atoms with Crippen LogP contribution in [0.2, 0.25) is 0 Å². The summed E-state index contributed by atoms with van der Waals surface area (Å²) in [6.07, 6.45) is 0. The first-order valence-electron chi connectivity index (χ1n) is 6.33. The van der Waals surface area contributed by atoms with E-state index in [4.69, 9.17) is 0 Å². The topological polar surface area (TPSA) is 0 Å². The molecule has 1 aliphatic rings. The molecule has 1 heterocycles. The van der Waals surface area contributed by atoms with Gasteiger partial charge in [-0.3, -0.25) is 0 Å². The minimum atomic E-state index is -0.0494. The lowest BCUT2D eigenvalue weighted by molar-refractivity contribution is 0.538. The summed E-state index contributed by atoms with van der Waals surface area (Å²) in [5.41, 5.74) is 1.77. The summed E-state index contributed by atoms with van der Waals surface area (Å²) >= 11 is 0. The maximum absolute atomic E-state index is 2.38.